The topological polar surface area (TPSA) is 11.4 Å². The van der Waals surface area contributed by atoms with Crippen molar-refractivity contribution in [3.63, 3.8) is 0 Å². The zero-order chi connectivity index (χ0) is 48.5. The summed E-state index contributed by atoms with van der Waals surface area (Å²) in [6, 6.07) is 108. The Hall–Kier alpha value is -9.70. The summed E-state index contributed by atoms with van der Waals surface area (Å²) in [5.41, 5.74) is 19.5. The molecule has 0 saturated heterocycles. The summed E-state index contributed by atoms with van der Waals surface area (Å²) in [5.74, 6) is 0. The first-order valence-electron chi connectivity index (χ1n) is 25.0. The van der Waals surface area contributed by atoms with Gasteiger partial charge in [0.2, 0.25) is 0 Å². The van der Waals surface area contributed by atoms with Crippen LogP contribution in [0.4, 0.5) is 34.1 Å². The molecule has 73 heavy (non-hydrogen) atoms. The number of benzene rings is 12. The number of hydrogen-bond acceptors (Lipinski definition) is 2. The second kappa shape index (κ2) is 18.9. The first-order valence-corrected chi connectivity index (χ1v) is 25.0. The van der Waals surface area contributed by atoms with Gasteiger partial charge in [0.25, 0.3) is 0 Å². The van der Waals surface area contributed by atoms with E-state index in [9.17, 15) is 0 Å². The lowest BCUT2D eigenvalue weighted by Crippen LogP contribution is -2.11. The molecule has 13 aromatic rings. The van der Waals surface area contributed by atoms with Gasteiger partial charge in [-0.05, 0) is 141 Å². The van der Waals surface area contributed by atoms with Crippen LogP contribution in [0.1, 0.15) is 0 Å². The lowest BCUT2D eigenvalue weighted by molar-refractivity contribution is 1.18. The highest BCUT2D eigenvalue weighted by molar-refractivity contribution is 6.11. The van der Waals surface area contributed by atoms with Crippen molar-refractivity contribution in [3.8, 4) is 50.2 Å². The second-order valence-corrected chi connectivity index (χ2v) is 18.5. The van der Waals surface area contributed by atoms with Gasteiger partial charge in [0.05, 0.1) is 16.7 Å². The highest BCUT2D eigenvalue weighted by Crippen LogP contribution is 2.45. The Labute approximate surface area is 426 Å². The van der Waals surface area contributed by atoms with Crippen LogP contribution < -0.4 is 9.80 Å². The fourth-order valence-corrected chi connectivity index (χ4v) is 10.7. The van der Waals surface area contributed by atoms with Crippen LogP contribution >= 0.6 is 0 Å². The Morgan fingerprint density at radius 1 is 0.219 bits per heavy atom. The van der Waals surface area contributed by atoms with E-state index in [1.165, 1.54) is 71.5 Å². The van der Waals surface area contributed by atoms with Gasteiger partial charge >= 0.3 is 0 Å². The molecule has 0 spiro atoms. The maximum Gasteiger partial charge on any atom is 0.0542 e. The summed E-state index contributed by atoms with van der Waals surface area (Å²) in [6.45, 7) is 0. The van der Waals surface area contributed by atoms with E-state index in [-0.39, 0.29) is 0 Å². The molecule has 0 amide bonds. The summed E-state index contributed by atoms with van der Waals surface area (Å²) in [7, 11) is 0. The third-order valence-corrected chi connectivity index (χ3v) is 14.2. The number of rotatable bonds is 11. The first kappa shape index (κ1) is 43.3. The molecule has 344 valence electrons. The molecule has 0 unspecified atom stereocenters. The molecular weight excluding hydrogens is 883 g/mol. The molecule has 0 fully saturated rings. The molecule has 0 atom stereocenters. The fourth-order valence-electron chi connectivity index (χ4n) is 10.7. The molecule has 13 rings (SSSR count). The average molecular weight is 932 g/mol. The van der Waals surface area contributed by atoms with Gasteiger partial charge < -0.3 is 14.4 Å². The maximum atomic E-state index is 2.40. The highest BCUT2D eigenvalue weighted by Gasteiger charge is 2.21. The summed E-state index contributed by atoms with van der Waals surface area (Å²) >= 11 is 0. The largest absolute Gasteiger partial charge is 0.310 e. The predicted molar refractivity (Wildman–Crippen MR) is 309 cm³/mol. The first-order chi connectivity index (χ1) is 36.2. The summed E-state index contributed by atoms with van der Waals surface area (Å²) in [6.07, 6.45) is 0. The predicted octanol–water partition coefficient (Wildman–Crippen LogP) is 19.5. The molecule has 12 aromatic carbocycles. The molecule has 3 nitrogen and oxygen atoms in total. The monoisotopic (exact) mass is 931 g/mol. The molecule has 1 aromatic heterocycles. The van der Waals surface area contributed by atoms with E-state index in [1.54, 1.807) is 0 Å². The van der Waals surface area contributed by atoms with Crippen molar-refractivity contribution < 1.29 is 0 Å². The Morgan fingerprint density at radius 3 is 1.10 bits per heavy atom. The van der Waals surface area contributed by atoms with Gasteiger partial charge in [-0.1, -0.05) is 206 Å². The summed E-state index contributed by atoms with van der Waals surface area (Å²) < 4.78 is 2.38. The number of fused-ring (bicyclic) bond motifs is 4. The standard InChI is InChI=1S/C70H49N3/c1-5-17-50(18-6-1)53-29-37-58(38-30-53)71(62-45-47-70-67(49-62)66-27-15-16-28-68(66)73(70)57-23-11-4-12-24-57)59-43-35-56(36-44-59)63-46-48-69(65-26-14-13-25-64(63)65)72(60-39-31-54(32-40-60)51-19-7-2-8-20-51)61-41-33-55(34-42-61)52-21-9-3-10-22-52/h1-49H. The van der Waals surface area contributed by atoms with Crippen LogP contribution in [-0.2, 0) is 0 Å². The molecule has 1 heterocycles. The molecule has 0 N–H and O–H groups in total. The number of para-hydroxylation sites is 2. The molecule has 3 heteroatoms. The average Bonchev–Trinajstić information content (AvgIpc) is 3.81. The number of hydrogen-bond donors (Lipinski definition) is 0. The second-order valence-electron chi connectivity index (χ2n) is 18.5. The molecule has 0 aliphatic heterocycles. The molecular formula is C70H49N3. The molecule has 0 aliphatic rings. The van der Waals surface area contributed by atoms with Gasteiger partial charge in [0.1, 0.15) is 0 Å². The minimum Gasteiger partial charge on any atom is -0.310 e. The van der Waals surface area contributed by atoms with Gasteiger partial charge in [-0.15, -0.1) is 0 Å². The third-order valence-electron chi connectivity index (χ3n) is 14.2. The van der Waals surface area contributed by atoms with Crippen LogP contribution in [0.5, 0.6) is 0 Å². The molecule has 0 radical (unpaired) electrons. The smallest absolute Gasteiger partial charge is 0.0542 e. The summed E-state index contributed by atoms with van der Waals surface area (Å²) in [5, 5.41) is 4.79. The molecule has 0 bridgehead atoms. The zero-order valence-corrected chi connectivity index (χ0v) is 40.1. The molecule has 0 saturated carbocycles. The van der Waals surface area contributed by atoms with Crippen molar-refractivity contribution in [2.24, 2.45) is 0 Å². The van der Waals surface area contributed by atoms with Crippen molar-refractivity contribution in [1.29, 1.82) is 0 Å². The van der Waals surface area contributed by atoms with E-state index in [0.29, 0.717) is 0 Å². The van der Waals surface area contributed by atoms with Gasteiger partial charge in [-0.2, -0.15) is 0 Å². The van der Waals surface area contributed by atoms with E-state index in [2.05, 4.69) is 312 Å². The van der Waals surface area contributed by atoms with Crippen molar-refractivity contribution >= 4 is 66.7 Å². The normalized spacial score (nSPS) is 11.3. The molecule has 0 aliphatic carbocycles. The Kier molecular flexibility index (Phi) is 11.2. The van der Waals surface area contributed by atoms with E-state index >= 15 is 0 Å². The van der Waals surface area contributed by atoms with Crippen molar-refractivity contribution in [1.82, 2.24) is 4.57 Å². The van der Waals surface area contributed by atoms with Crippen LogP contribution in [-0.4, -0.2) is 4.57 Å². The van der Waals surface area contributed by atoms with Gasteiger partial charge in [0, 0.05) is 50.3 Å². The van der Waals surface area contributed by atoms with Crippen LogP contribution in [0.25, 0.3) is 82.8 Å². The van der Waals surface area contributed by atoms with E-state index in [1.807, 2.05) is 0 Å². The number of aromatic nitrogens is 1. The van der Waals surface area contributed by atoms with Crippen LogP contribution in [0, 0.1) is 0 Å². The van der Waals surface area contributed by atoms with E-state index in [0.717, 1.165) is 45.4 Å². The van der Waals surface area contributed by atoms with E-state index in [4.69, 9.17) is 0 Å². The number of nitrogens with zero attached hydrogens (tertiary/aromatic N) is 3. The lowest BCUT2D eigenvalue weighted by Gasteiger charge is -2.28. The van der Waals surface area contributed by atoms with E-state index < -0.39 is 0 Å². The van der Waals surface area contributed by atoms with Gasteiger partial charge in [-0.3, -0.25) is 0 Å². The van der Waals surface area contributed by atoms with Crippen molar-refractivity contribution in [3.05, 3.63) is 297 Å². The van der Waals surface area contributed by atoms with Crippen molar-refractivity contribution in [2.75, 3.05) is 9.80 Å². The maximum absolute atomic E-state index is 2.40. The minimum absolute atomic E-state index is 1.08. The van der Waals surface area contributed by atoms with Gasteiger partial charge in [-0.25, -0.2) is 0 Å². The Balaban J connectivity index is 0.908. The quantitative estimate of drug-likeness (QED) is 0.128. The number of anilines is 6. The van der Waals surface area contributed by atoms with Crippen LogP contribution in [0.3, 0.4) is 0 Å². The minimum atomic E-state index is 1.08. The third kappa shape index (κ3) is 8.19. The summed E-state index contributed by atoms with van der Waals surface area (Å²) in [4.78, 5) is 4.78. The van der Waals surface area contributed by atoms with Crippen LogP contribution in [0.2, 0.25) is 0 Å². The van der Waals surface area contributed by atoms with Crippen molar-refractivity contribution in [2.45, 2.75) is 0 Å². The Morgan fingerprint density at radius 2 is 0.589 bits per heavy atom. The fraction of sp³-hybridized carbons (Fsp3) is 0. The Bertz CT molecular complexity index is 3930. The van der Waals surface area contributed by atoms with Crippen LogP contribution in [0.15, 0.2) is 297 Å². The SMILES string of the molecule is c1ccc(-c2ccc(N(c3ccc(-c4ccc(N(c5ccc(-c6ccccc6)cc5)c5ccc(-c6ccccc6)cc5)c5ccccc45)cc3)c3ccc4c(c3)c3ccccc3n4-c3ccccc3)cc2)cc1. The zero-order valence-electron chi connectivity index (χ0n) is 40.1. The highest BCUT2D eigenvalue weighted by atomic mass is 15.1. The van der Waals surface area contributed by atoms with Gasteiger partial charge in [0.15, 0.2) is 0 Å². The lowest BCUT2D eigenvalue weighted by atomic mass is 9.95.